The minimum absolute atomic E-state index is 0.110. The lowest BCUT2D eigenvalue weighted by atomic mass is 9.87. The number of benzene rings is 3. The van der Waals surface area contributed by atoms with Gasteiger partial charge in [0.2, 0.25) is 21.8 Å². The molecule has 1 atom stereocenters. The van der Waals surface area contributed by atoms with Crippen LogP contribution in [0.2, 0.25) is 0 Å². The largest absolute Gasteiger partial charge is 0.354 e. The van der Waals surface area contributed by atoms with Crippen LogP contribution in [0.4, 0.5) is 5.69 Å². The van der Waals surface area contributed by atoms with E-state index in [4.69, 9.17) is 0 Å². The molecule has 3 rings (SSSR count). The minimum atomic E-state index is -3.82. The first-order valence-corrected chi connectivity index (χ1v) is 16.9. The molecule has 0 heterocycles. The molecular formula is C33H42BrN3O4S. The predicted molar refractivity (Wildman–Crippen MR) is 174 cm³/mol. The molecule has 0 saturated heterocycles. The maximum Gasteiger partial charge on any atom is 0.244 e. The zero-order valence-electron chi connectivity index (χ0n) is 25.1. The van der Waals surface area contributed by atoms with Crippen molar-refractivity contribution in [3.05, 3.63) is 100 Å². The van der Waals surface area contributed by atoms with Gasteiger partial charge in [-0.25, -0.2) is 8.42 Å². The molecule has 2 amide bonds. The van der Waals surface area contributed by atoms with Crippen LogP contribution in [0.3, 0.4) is 0 Å². The molecule has 0 unspecified atom stereocenters. The van der Waals surface area contributed by atoms with Gasteiger partial charge in [0, 0.05) is 24.0 Å². The molecule has 7 nitrogen and oxygen atoms in total. The van der Waals surface area contributed by atoms with Crippen LogP contribution in [-0.2, 0) is 38.0 Å². The summed E-state index contributed by atoms with van der Waals surface area (Å²) in [5.74, 6) is -0.733. The zero-order valence-corrected chi connectivity index (χ0v) is 27.5. The van der Waals surface area contributed by atoms with Gasteiger partial charge in [-0.15, -0.1) is 0 Å². The zero-order chi connectivity index (χ0) is 30.9. The van der Waals surface area contributed by atoms with E-state index in [0.717, 1.165) is 44.6 Å². The smallest absolute Gasteiger partial charge is 0.244 e. The molecule has 226 valence electrons. The average molecular weight is 657 g/mol. The summed E-state index contributed by atoms with van der Waals surface area (Å²) in [6, 6.07) is 23.5. The number of anilines is 1. The van der Waals surface area contributed by atoms with E-state index in [1.54, 1.807) is 12.1 Å². The monoisotopic (exact) mass is 655 g/mol. The number of halogens is 1. The Labute approximate surface area is 259 Å². The number of nitrogens with one attached hydrogen (secondary N) is 1. The third kappa shape index (κ3) is 9.70. The molecule has 3 aromatic rings. The van der Waals surface area contributed by atoms with E-state index in [9.17, 15) is 18.0 Å². The van der Waals surface area contributed by atoms with Gasteiger partial charge in [-0.3, -0.25) is 13.9 Å². The van der Waals surface area contributed by atoms with Crippen molar-refractivity contribution >= 4 is 43.5 Å². The molecule has 0 aliphatic carbocycles. The number of hydrogen-bond donors (Lipinski definition) is 1. The molecule has 0 aromatic heterocycles. The fraction of sp³-hybridized carbons (Fsp3) is 0.394. The van der Waals surface area contributed by atoms with Crippen molar-refractivity contribution in [1.29, 1.82) is 0 Å². The van der Waals surface area contributed by atoms with Gasteiger partial charge in [0.05, 0.1) is 11.9 Å². The van der Waals surface area contributed by atoms with E-state index in [0.29, 0.717) is 12.2 Å². The highest BCUT2D eigenvalue weighted by Gasteiger charge is 2.33. The normalized spacial score (nSPS) is 12.4. The van der Waals surface area contributed by atoms with Crippen molar-refractivity contribution in [3.8, 4) is 0 Å². The Morgan fingerprint density at radius 3 is 2.14 bits per heavy atom. The summed E-state index contributed by atoms with van der Waals surface area (Å²) in [5.41, 5.74) is 3.05. The van der Waals surface area contributed by atoms with E-state index in [-0.39, 0.29) is 24.3 Å². The van der Waals surface area contributed by atoms with Gasteiger partial charge in [0.1, 0.15) is 12.6 Å². The lowest BCUT2D eigenvalue weighted by Gasteiger charge is -2.33. The summed E-state index contributed by atoms with van der Waals surface area (Å²) in [6.07, 6.45) is 3.12. The Balaban J connectivity index is 2.03. The van der Waals surface area contributed by atoms with Gasteiger partial charge in [-0.05, 0) is 52.8 Å². The van der Waals surface area contributed by atoms with Gasteiger partial charge in [-0.1, -0.05) is 105 Å². The number of rotatable bonds is 13. The van der Waals surface area contributed by atoms with Crippen LogP contribution in [0.5, 0.6) is 0 Å². The molecule has 0 radical (unpaired) electrons. The lowest BCUT2D eigenvalue weighted by molar-refractivity contribution is -0.140. The van der Waals surface area contributed by atoms with Crippen LogP contribution in [0.15, 0.2) is 83.3 Å². The number of nitrogens with zero attached hydrogens (tertiary/aromatic N) is 2. The van der Waals surface area contributed by atoms with E-state index in [1.807, 2.05) is 73.7 Å². The van der Waals surface area contributed by atoms with Crippen molar-refractivity contribution in [1.82, 2.24) is 10.2 Å². The highest BCUT2D eigenvalue weighted by atomic mass is 79.9. The standard InChI is InChI=1S/C33H42BrN3O4S/c1-6-7-20-35-32(39)30(22-25-12-9-8-10-13-25)36(23-26-14-11-15-28(34)21-26)31(38)24-37(42(5,40)41)29-18-16-27(17-19-29)33(2,3)4/h8-19,21,30H,6-7,20,22-24H2,1-5H3,(H,35,39)/t30-/m0/s1. The predicted octanol–water partition coefficient (Wildman–Crippen LogP) is 6.07. The van der Waals surface area contributed by atoms with E-state index >= 15 is 0 Å². The fourth-order valence-electron chi connectivity index (χ4n) is 4.63. The Hall–Kier alpha value is -3.17. The molecule has 0 saturated carbocycles. The van der Waals surface area contributed by atoms with E-state index < -0.39 is 28.5 Å². The Morgan fingerprint density at radius 1 is 0.929 bits per heavy atom. The molecule has 1 N–H and O–H groups in total. The number of unbranched alkanes of at least 4 members (excludes halogenated alkanes) is 1. The number of hydrogen-bond acceptors (Lipinski definition) is 4. The first-order chi connectivity index (χ1) is 19.8. The summed E-state index contributed by atoms with van der Waals surface area (Å²) in [6.45, 7) is 8.49. The Morgan fingerprint density at radius 2 is 1.57 bits per heavy atom. The van der Waals surface area contributed by atoms with Gasteiger partial charge in [0.15, 0.2) is 0 Å². The van der Waals surface area contributed by atoms with Crippen LogP contribution in [0.1, 0.15) is 57.2 Å². The molecule has 0 fully saturated rings. The second-order valence-electron chi connectivity index (χ2n) is 11.6. The van der Waals surface area contributed by atoms with Crippen molar-refractivity contribution in [2.24, 2.45) is 0 Å². The summed E-state index contributed by atoms with van der Waals surface area (Å²) in [7, 11) is -3.82. The Bertz CT molecular complexity index is 1440. The Kier molecular flexibility index (Phi) is 11.8. The minimum Gasteiger partial charge on any atom is -0.354 e. The second kappa shape index (κ2) is 14.8. The molecule has 3 aromatic carbocycles. The summed E-state index contributed by atoms with van der Waals surface area (Å²) >= 11 is 3.50. The van der Waals surface area contributed by atoms with Crippen LogP contribution < -0.4 is 9.62 Å². The number of sulfonamides is 1. The summed E-state index contributed by atoms with van der Waals surface area (Å²) in [5, 5.41) is 3.00. The maximum absolute atomic E-state index is 14.2. The van der Waals surface area contributed by atoms with E-state index in [2.05, 4.69) is 42.0 Å². The second-order valence-corrected chi connectivity index (χ2v) is 14.4. The molecule has 0 aliphatic heterocycles. The van der Waals surface area contributed by atoms with Crippen molar-refractivity contribution < 1.29 is 18.0 Å². The third-order valence-corrected chi connectivity index (χ3v) is 8.68. The average Bonchev–Trinajstić information content (AvgIpc) is 2.93. The maximum atomic E-state index is 14.2. The summed E-state index contributed by atoms with van der Waals surface area (Å²) < 4.78 is 28.0. The molecule has 42 heavy (non-hydrogen) atoms. The van der Waals surface area contributed by atoms with E-state index in [1.165, 1.54) is 4.90 Å². The van der Waals surface area contributed by atoms with Gasteiger partial charge in [0.25, 0.3) is 0 Å². The molecule has 0 aliphatic rings. The lowest BCUT2D eigenvalue weighted by Crippen LogP contribution is -2.53. The van der Waals surface area contributed by atoms with Crippen LogP contribution in [0, 0.1) is 0 Å². The SMILES string of the molecule is CCCCNC(=O)[C@H](Cc1ccccc1)N(Cc1cccc(Br)c1)C(=O)CN(c1ccc(C(C)(C)C)cc1)S(C)(=O)=O. The van der Waals surface area contributed by atoms with Crippen molar-refractivity contribution in [2.75, 3.05) is 23.7 Å². The molecular weight excluding hydrogens is 614 g/mol. The van der Waals surface area contributed by atoms with Gasteiger partial charge < -0.3 is 10.2 Å². The third-order valence-electron chi connectivity index (χ3n) is 7.04. The highest BCUT2D eigenvalue weighted by Crippen LogP contribution is 2.26. The van der Waals surface area contributed by atoms with Gasteiger partial charge in [-0.2, -0.15) is 0 Å². The fourth-order valence-corrected chi connectivity index (χ4v) is 5.93. The quantitative estimate of drug-likeness (QED) is 0.227. The van der Waals surface area contributed by atoms with Crippen molar-refractivity contribution in [3.63, 3.8) is 0 Å². The van der Waals surface area contributed by atoms with Crippen molar-refractivity contribution in [2.45, 2.75) is 65.0 Å². The molecule has 0 spiro atoms. The topological polar surface area (TPSA) is 86.8 Å². The van der Waals surface area contributed by atoms with Crippen LogP contribution in [-0.4, -0.2) is 50.5 Å². The van der Waals surface area contributed by atoms with Gasteiger partial charge >= 0.3 is 0 Å². The first-order valence-electron chi connectivity index (χ1n) is 14.2. The molecule has 0 bridgehead atoms. The summed E-state index contributed by atoms with van der Waals surface area (Å²) in [4.78, 5) is 29.4. The van der Waals surface area contributed by atoms with Crippen LogP contribution >= 0.6 is 15.9 Å². The number of carbonyl (C=O) groups excluding carboxylic acids is 2. The number of carbonyl (C=O) groups is 2. The highest BCUT2D eigenvalue weighted by molar-refractivity contribution is 9.10. The molecule has 9 heteroatoms. The first kappa shape index (κ1) is 33.3. The van der Waals surface area contributed by atoms with Crippen LogP contribution in [0.25, 0.3) is 0 Å². The number of amides is 2.